The summed E-state index contributed by atoms with van der Waals surface area (Å²) in [6, 6.07) is 7.30. The molecule has 129 heavy (non-hydrogen) atoms. The van der Waals surface area contributed by atoms with E-state index in [4.69, 9.17) is 18.9 Å². The van der Waals surface area contributed by atoms with Gasteiger partial charge >= 0.3 is 61.6 Å². The van der Waals surface area contributed by atoms with E-state index >= 15 is 0 Å². The molecule has 0 unspecified atom stereocenters. The second kappa shape index (κ2) is 96.1. The van der Waals surface area contributed by atoms with Crippen molar-refractivity contribution in [2.45, 2.75) is 551 Å². The Labute approximate surface area is 824 Å². The Morgan fingerprint density at radius 1 is 0.217 bits per heavy atom. The summed E-state index contributed by atoms with van der Waals surface area (Å²) in [7, 11) is -10.0. The summed E-state index contributed by atoms with van der Waals surface area (Å²) in [4.78, 5) is 50.7. The van der Waals surface area contributed by atoms with Crippen LogP contribution in [0.5, 0.6) is 0 Å². The van der Waals surface area contributed by atoms with E-state index in [9.17, 15) is 45.1 Å². The second-order valence-electron chi connectivity index (χ2n) is 37.0. The number of hydrogen-bond acceptors (Lipinski definition) is 14. The summed E-state index contributed by atoms with van der Waals surface area (Å²) < 4.78 is 94.0. The SMILES string of the molecule is CCCCCCCCCC/C=C/CCCCCCCCCCCCOC(=O)c1cccc(S(=O)(=O)[O-])c1C(=O)OCCCCCCCCCCCC/C=C/CCCCCCCCCC.CCCCCCCCCC/C=C/CCCCCCCCCCCCOC(=O)c1cccc(S(=O)(=O)[O-])c1C(=O)OCCCCCCCCCCCC/C=C/CCCCCCCCCC.[Ca+2]. The Morgan fingerprint density at radius 2 is 0.357 bits per heavy atom. The van der Waals surface area contributed by atoms with Crippen molar-refractivity contribution in [3.63, 3.8) is 0 Å². The minimum atomic E-state index is -5.02. The van der Waals surface area contributed by atoms with E-state index in [1.54, 1.807) is 0 Å². The van der Waals surface area contributed by atoms with Crippen molar-refractivity contribution < 1.29 is 64.1 Å². The first-order valence-electron chi connectivity index (χ1n) is 54.1. The number of esters is 4. The van der Waals surface area contributed by atoms with E-state index in [-0.39, 0.29) is 75.3 Å². The molecule has 17 heteroatoms. The molecule has 0 fully saturated rings. The number of benzene rings is 2. The molecule has 0 radical (unpaired) electrons. The average molecular weight is 1870 g/mol. The predicted molar refractivity (Wildman–Crippen MR) is 544 cm³/mol. The molecular weight excluding hydrogens is 1670 g/mol. The molecule has 0 heterocycles. The van der Waals surface area contributed by atoms with Gasteiger partial charge in [0.1, 0.15) is 20.2 Å². The maximum Gasteiger partial charge on any atom is 2.00 e. The summed E-state index contributed by atoms with van der Waals surface area (Å²) in [6.07, 6.45) is 118. The van der Waals surface area contributed by atoms with Crippen molar-refractivity contribution in [3.05, 3.63) is 107 Å². The number of unbranched alkanes of at least 4 members (excludes halogenated alkanes) is 72. The number of allylic oxidation sites excluding steroid dienone is 8. The van der Waals surface area contributed by atoms with E-state index in [2.05, 4.69) is 76.3 Å². The second-order valence-corrected chi connectivity index (χ2v) is 39.7. The van der Waals surface area contributed by atoms with Crippen LogP contribution in [0.1, 0.15) is 583 Å². The first-order chi connectivity index (χ1) is 62.6. The van der Waals surface area contributed by atoms with Gasteiger partial charge in [-0.2, -0.15) is 0 Å². The van der Waals surface area contributed by atoms with Crippen LogP contribution in [0.15, 0.2) is 94.8 Å². The molecule has 0 saturated heterocycles. The van der Waals surface area contributed by atoms with Gasteiger partial charge in [0, 0.05) is 0 Å². The summed E-state index contributed by atoms with van der Waals surface area (Å²) in [5.74, 6) is -3.61. The van der Waals surface area contributed by atoms with Crippen molar-refractivity contribution in [2.75, 3.05) is 26.4 Å². The Morgan fingerprint density at radius 3 is 0.512 bits per heavy atom. The monoisotopic (exact) mass is 1870 g/mol. The zero-order valence-electron chi connectivity index (χ0n) is 83.7. The van der Waals surface area contributed by atoms with Gasteiger partial charge in [-0.3, -0.25) is 0 Å². The Hall–Kier alpha value is -3.64. The van der Waals surface area contributed by atoms with Gasteiger partial charge in [0.05, 0.1) is 58.5 Å². The third kappa shape index (κ3) is 80.2. The smallest absolute Gasteiger partial charge is 0.744 e. The molecule has 2 rings (SSSR count). The molecule has 0 atom stereocenters. The fourth-order valence-electron chi connectivity index (χ4n) is 16.8. The van der Waals surface area contributed by atoms with Gasteiger partial charge in [0.2, 0.25) is 0 Å². The normalized spacial score (nSPS) is 11.8. The summed E-state index contributed by atoms with van der Waals surface area (Å²) in [5, 5.41) is 0. The molecule has 2 aromatic carbocycles. The molecule has 0 aliphatic rings. The molecule has 0 amide bonds. The standard InChI is InChI=1S/2C56H98O7S.Ca/c2*1-3-5-7-9-11-13-15-17-19-21-23-25-27-29-31-33-35-37-39-41-43-45-50-62-55(57)52-48-47-49-53(64(59,60)61)54(52)56(58)63-51-46-44-42-40-38-36-34-32-30-28-26-24-22-20-18-16-14-12-10-8-6-4-2;/h2*21-24,47-49H,3-20,25-46,50-51H2,1-2H3,(H,59,60,61);/q;;+2/p-2/b2*23-21+,24-22+;. The van der Waals surface area contributed by atoms with Crippen molar-refractivity contribution >= 4 is 81.9 Å². The van der Waals surface area contributed by atoms with Crippen molar-refractivity contribution in [2.24, 2.45) is 0 Å². The van der Waals surface area contributed by atoms with Crippen LogP contribution in [0, 0.1) is 0 Å². The van der Waals surface area contributed by atoms with Crippen LogP contribution in [-0.4, -0.2) is 114 Å². The van der Waals surface area contributed by atoms with Gasteiger partial charge < -0.3 is 28.1 Å². The maximum absolute atomic E-state index is 13.1. The maximum atomic E-state index is 13.1. The third-order valence-electron chi connectivity index (χ3n) is 25.0. The molecule has 0 aliphatic heterocycles. The van der Waals surface area contributed by atoms with Crippen molar-refractivity contribution in [3.8, 4) is 0 Å². The molecule has 0 bridgehead atoms. The van der Waals surface area contributed by atoms with Crippen molar-refractivity contribution in [1.82, 2.24) is 0 Å². The number of ether oxygens (including phenoxy) is 4. The minimum Gasteiger partial charge on any atom is -0.744 e. The van der Waals surface area contributed by atoms with Gasteiger partial charge in [-0.25, -0.2) is 36.0 Å². The van der Waals surface area contributed by atoms with Crippen LogP contribution >= 0.6 is 0 Å². The summed E-state index contributed by atoms with van der Waals surface area (Å²) in [5.41, 5.74) is -1.55. The van der Waals surface area contributed by atoms with Crippen molar-refractivity contribution in [1.29, 1.82) is 0 Å². The number of carbonyl (C=O) groups excluding carboxylic acids is 4. The van der Waals surface area contributed by atoms with Crippen LogP contribution in [0.3, 0.4) is 0 Å². The Bertz CT molecular complexity index is 3020. The molecule has 0 aromatic heterocycles. The molecule has 0 N–H and O–H groups in total. The Kier molecular flexibility index (Phi) is 93.3. The number of rotatable bonds is 94. The zero-order valence-corrected chi connectivity index (χ0v) is 87.6. The van der Waals surface area contributed by atoms with Gasteiger partial charge in [0.15, 0.2) is 0 Å². The first kappa shape index (κ1) is 125. The molecular formula is C112H194CaO14S2. The first-order valence-corrected chi connectivity index (χ1v) is 56.9. The zero-order chi connectivity index (χ0) is 92.9. The van der Waals surface area contributed by atoms with Crippen LogP contribution in [-0.2, 0) is 39.2 Å². The van der Waals surface area contributed by atoms with Crippen LogP contribution in [0.25, 0.3) is 0 Å². The molecule has 0 aliphatic carbocycles. The Balaban J connectivity index is 0.00000252. The quantitative estimate of drug-likeness (QED) is 0.0150. The van der Waals surface area contributed by atoms with Gasteiger partial charge in [0.25, 0.3) is 0 Å². The number of carbonyl (C=O) groups is 4. The fraction of sp³-hybridized carbons (Fsp3) is 0.786. The topological polar surface area (TPSA) is 220 Å². The van der Waals surface area contributed by atoms with E-state index in [0.717, 1.165) is 89.2 Å². The largest absolute Gasteiger partial charge is 2.00 e. The summed E-state index contributed by atoms with van der Waals surface area (Å²) in [6.45, 7) is 9.58. The van der Waals surface area contributed by atoms with Gasteiger partial charge in [-0.1, -0.05) is 474 Å². The van der Waals surface area contributed by atoms with Crippen LogP contribution in [0.2, 0.25) is 0 Å². The van der Waals surface area contributed by atoms with Crippen LogP contribution < -0.4 is 0 Å². The average Bonchev–Trinajstić information content (AvgIpc) is 0.794. The molecule has 0 saturated carbocycles. The van der Waals surface area contributed by atoms with Gasteiger partial charge in [-0.15, -0.1) is 0 Å². The van der Waals surface area contributed by atoms with Gasteiger partial charge in [-0.05, 0) is 153 Å². The van der Waals surface area contributed by atoms with E-state index in [1.807, 2.05) is 0 Å². The van der Waals surface area contributed by atoms with E-state index in [1.165, 1.54) is 435 Å². The molecule has 14 nitrogen and oxygen atoms in total. The van der Waals surface area contributed by atoms with Crippen LogP contribution in [0.4, 0.5) is 0 Å². The third-order valence-corrected chi connectivity index (χ3v) is 26.8. The van der Waals surface area contributed by atoms with E-state index in [0.29, 0.717) is 25.7 Å². The van der Waals surface area contributed by atoms with E-state index < -0.39 is 65.0 Å². The molecule has 2 aromatic rings. The molecule has 0 spiro atoms. The summed E-state index contributed by atoms with van der Waals surface area (Å²) >= 11 is 0. The minimum absolute atomic E-state index is 0. The fourth-order valence-corrected chi connectivity index (χ4v) is 18.2. The molecule has 740 valence electrons. The number of hydrogen-bond donors (Lipinski definition) is 0. The predicted octanol–water partition coefficient (Wildman–Crippen LogP) is 34.9.